The Hall–Kier alpha value is -0.870. The van der Waals surface area contributed by atoms with Crippen molar-refractivity contribution in [1.29, 1.82) is 0 Å². The first-order valence-electron chi connectivity index (χ1n) is 8.95. The van der Waals surface area contributed by atoms with Crippen LogP contribution in [0.15, 0.2) is 29.2 Å². The van der Waals surface area contributed by atoms with Gasteiger partial charge in [-0.15, -0.1) is 0 Å². The van der Waals surface area contributed by atoms with E-state index in [-0.39, 0.29) is 22.3 Å². The Labute approximate surface area is 147 Å². The van der Waals surface area contributed by atoms with Crippen LogP contribution >= 0.6 is 0 Å². The Kier molecular flexibility index (Phi) is 3.97. The van der Waals surface area contributed by atoms with E-state index in [0.717, 1.165) is 24.8 Å². The van der Waals surface area contributed by atoms with Gasteiger partial charge in [0.05, 0.1) is 4.90 Å². The van der Waals surface area contributed by atoms with Crippen molar-refractivity contribution in [3.63, 3.8) is 0 Å². The average molecular weight is 350 g/mol. The van der Waals surface area contributed by atoms with Gasteiger partial charge in [0.1, 0.15) is 0 Å². The van der Waals surface area contributed by atoms with Crippen LogP contribution < -0.4 is 0 Å². The number of hydrogen-bond donors (Lipinski definition) is 0. The molecule has 1 saturated heterocycles. The van der Waals surface area contributed by atoms with Crippen LogP contribution in [-0.4, -0.2) is 25.3 Å². The summed E-state index contributed by atoms with van der Waals surface area (Å²) in [5.41, 5.74) is 1.53. The van der Waals surface area contributed by atoms with Crippen LogP contribution in [0.5, 0.6) is 0 Å². The standard InChI is InChI=1S/C20H31NO2S/c1-18(2,3)15-7-9-17(10-8-15)24(22,23)21-14-20(6)12-16(21)11-19(4,5)13-20/h7-10,16H,11-14H2,1-6H3/t16-,20-/m0/s1. The fraction of sp³-hybridized carbons (Fsp3) is 0.700. The van der Waals surface area contributed by atoms with Crippen molar-refractivity contribution in [3.05, 3.63) is 29.8 Å². The quantitative estimate of drug-likeness (QED) is 0.784. The first-order valence-corrected chi connectivity index (χ1v) is 10.4. The lowest BCUT2D eigenvalue weighted by Gasteiger charge is -2.39. The zero-order chi connectivity index (χ0) is 18.0. The van der Waals surface area contributed by atoms with Gasteiger partial charge in [-0.1, -0.05) is 53.7 Å². The molecule has 2 aliphatic rings. The topological polar surface area (TPSA) is 37.4 Å². The molecule has 1 aliphatic carbocycles. The molecule has 0 amide bonds. The van der Waals surface area contributed by atoms with Crippen molar-refractivity contribution in [2.45, 2.75) is 77.2 Å². The molecule has 0 aromatic heterocycles. The highest BCUT2D eigenvalue weighted by atomic mass is 32.2. The number of benzene rings is 1. The van der Waals surface area contributed by atoms with E-state index < -0.39 is 10.0 Å². The molecule has 3 nitrogen and oxygen atoms in total. The summed E-state index contributed by atoms with van der Waals surface area (Å²) in [6.07, 6.45) is 3.06. The molecule has 3 rings (SSSR count). The fourth-order valence-electron chi connectivity index (χ4n) is 4.95. The fourth-order valence-corrected chi connectivity index (χ4v) is 6.73. The first-order chi connectivity index (χ1) is 10.8. The molecule has 1 heterocycles. The van der Waals surface area contributed by atoms with E-state index in [9.17, 15) is 8.42 Å². The van der Waals surface area contributed by atoms with Crippen LogP contribution in [0.25, 0.3) is 0 Å². The predicted molar refractivity (Wildman–Crippen MR) is 98.6 cm³/mol. The largest absolute Gasteiger partial charge is 0.243 e. The van der Waals surface area contributed by atoms with Crippen LogP contribution in [0.3, 0.4) is 0 Å². The number of nitrogens with zero attached hydrogens (tertiary/aromatic N) is 1. The average Bonchev–Trinajstić information content (AvgIpc) is 2.67. The second-order valence-corrected chi connectivity index (χ2v) is 11.9. The van der Waals surface area contributed by atoms with Gasteiger partial charge in [-0.05, 0) is 53.2 Å². The molecule has 2 atom stereocenters. The van der Waals surface area contributed by atoms with Crippen LogP contribution in [0.4, 0.5) is 0 Å². The summed E-state index contributed by atoms with van der Waals surface area (Å²) in [6.45, 7) is 13.9. The first kappa shape index (κ1) is 17.9. The lowest BCUT2D eigenvalue weighted by molar-refractivity contribution is 0.133. The third-order valence-electron chi connectivity index (χ3n) is 5.69. The molecule has 0 unspecified atom stereocenters. The minimum atomic E-state index is -3.41. The minimum Gasteiger partial charge on any atom is -0.207 e. The van der Waals surface area contributed by atoms with Crippen molar-refractivity contribution in [2.24, 2.45) is 10.8 Å². The van der Waals surface area contributed by atoms with Crippen molar-refractivity contribution in [1.82, 2.24) is 4.31 Å². The third-order valence-corrected chi connectivity index (χ3v) is 7.61. The molecule has 1 saturated carbocycles. The van der Waals surface area contributed by atoms with E-state index in [1.165, 1.54) is 0 Å². The Balaban J connectivity index is 1.92. The number of fused-ring (bicyclic) bond motifs is 2. The van der Waals surface area contributed by atoms with Gasteiger partial charge in [-0.3, -0.25) is 0 Å². The van der Waals surface area contributed by atoms with Gasteiger partial charge >= 0.3 is 0 Å². The molecular weight excluding hydrogens is 318 g/mol. The molecule has 0 spiro atoms. The zero-order valence-corrected chi connectivity index (χ0v) is 16.7. The van der Waals surface area contributed by atoms with Crippen LogP contribution in [0.1, 0.15) is 66.4 Å². The molecule has 2 fully saturated rings. The summed E-state index contributed by atoms with van der Waals surface area (Å²) in [7, 11) is -3.41. The lowest BCUT2D eigenvalue weighted by atomic mass is 9.65. The number of rotatable bonds is 2. The lowest BCUT2D eigenvalue weighted by Crippen LogP contribution is -2.37. The predicted octanol–water partition coefficient (Wildman–Crippen LogP) is 4.57. The summed E-state index contributed by atoms with van der Waals surface area (Å²) in [4.78, 5) is 0.435. The van der Waals surface area contributed by atoms with Crippen LogP contribution in [-0.2, 0) is 15.4 Å². The van der Waals surface area contributed by atoms with Gasteiger partial charge in [0.25, 0.3) is 0 Å². The van der Waals surface area contributed by atoms with Crippen LogP contribution in [0.2, 0.25) is 0 Å². The molecular formula is C20H31NO2S. The molecule has 0 N–H and O–H groups in total. The van der Waals surface area contributed by atoms with E-state index in [2.05, 4.69) is 41.5 Å². The van der Waals surface area contributed by atoms with Gasteiger partial charge in [0, 0.05) is 12.6 Å². The van der Waals surface area contributed by atoms with Crippen molar-refractivity contribution in [3.8, 4) is 0 Å². The summed E-state index contributed by atoms with van der Waals surface area (Å²) in [5, 5.41) is 0. The van der Waals surface area contributed by atoms with E-state index in [1.54, 1.807) is 16.4 Å². The van der Waals surface area contributed by atoms with Crippen molar-refractivity contribution in [2.75, 3.05) is 6.54 Å². The second kappa shape index (κ2) is 5.31. The maximum atomic E-state index is 13.2. The summed E-state index contributed by atoms with van der Waals surface area (Å²) < 4.78 is 28.2. The Bertz CT molecular complexity index is 728. The number of hydrogen-bond acceptors (Lipinski definition) is 2. The third kappa shape index (κ3) is 3.15. The van der Waals surface area contributed by atoms with E-state index in [0.29, 0.717) is 11.4 Å². The van der Waals surface area contributed by atoms with E-state index >= 15 is 0 Å². The van der Waals surface area contributed by atoms with Gasteiger partial charge < -0.3 is 0 Å². The summed E-state index contributed by atoms with van der Waals surface area (Å²) >= 11 is 0. The normalized spacial score (nSPS) is 30.5. The van der Waals surface area contributed by atoms with Crippen molar-refractivity contribution >= 4 is 10.0 Å². The summed E-state index contributed by atoms with van der Waals surface area (Å²) in [5.74, 6) is 0. The molecule has 1 aromatic carbocycles. The minimum absolute atomic E-state index is 0.0317. The number of sulfonamides is 1. The Morgan fingerprint density at radius 3 is 2.17 bits per heavy atom. The maximum absolute atomic E-state index is 13.2. The Morgan fingerprint density at radius 2 is 1.62 bits per heavy atom. The Morgan fingerprint density at radius 1 is 1.04 bits per heavy atom. The molecule has 1 aromatic rings. The van der Waals surface area contributed by atoms with Gasteiger partial charge in [-0.25, -0.2) is 8.42 Å². The highest BCUT2D eigenvalue weighted by Crippen LogP contribution is 2.53. The second-order valence-electron chi connectivity index (χ2n) is 10.0. The van der Waals surface area contributed by atoms with E-state index in [4.69, 9.17) is 0 Å². The smallest absolute Gasteiger partial charge is 0.207 e. The summed E-state index contributed by atoms with van der Waals surface area (Å²) in [6, 6.07) is 7.63. The van der Waals surface area contributed by atoms with E-state index in [1.807, 2.05) is 12.1 Å². The van der Waals surface area contributed by atoms with Gasteiger partial charge in [0.15, 0.2) is 0 Å². The highest BCUT2D eigenvalue weighted by molar-refractivity contribution is 7.89. The highest BCUT2D eigenvalue weighted by Gasteiger charge is 2.53. The molecule has 4 heteroatoms. The molecule has 0 radical (unpaired) electrons. The van der Waals surface area contributed by atoms with Crippen LogP contribution in [0, 0.1) is 10.8 Å². The van der Waals surface area contributed by atoms with Crippen molar-refractivity contribution < 1.29 is 8.42 Å². The monoisotopic (exact) mass is 349 g/mol. The van der Waals surface area contributed by atoms with Gasteiger partial charge in [-0.2, -0.15) is 4.31 Å². The molecule has 2 bridgehead atoms. The SMILES string of the molecule is CC1(C)C[C@H]2C[C@](C)(CN2S(=O)(=O)c2ccc(C(C)(C)C)cc2)C1. The molecule has 24 heavy (non-hydrogen) atoms. The maximum Gasteiger partial charge on any atom is 0.243 e. The molecule has 134 valence electrons. The zero-order valence-electron chi connectivity index (χ0n) is 15.9. The van der Waals surface area contributed by atoms with Gasteiger partial charge in [0.2, 0.25) is 10.0 Å². The molecule has 1 aliphatic heterocycles.